The van der Waals surface area contributed by atoms with E-state index in [-0.39, 0.29) is 0 Å². The molecular weight excluding hydrogens is 230 g/mol. The zero-order valence-corrected chi connectivity index (χ0v) is 8.44. The molecule has 2 aromatic rings. The Hall–Kier alpha value is 0.0700. The molecule has 0 radical (unpaired) electrons. The van der Waals surface area contributed by atoms with Gasteiger partial charge in [-0.1, -0.05) is 0 Å². The van der Waals surface area contributed by atoms with Crippen molar-refractivity contribution in [3.63, 3.8) is 0 Å². The van der Waals surface area contributed by atoms with Crippen LogP contribution in [0.3, 0.4) is 0 Å². The van der Waals surface area contributed by atoms with Crippen molar-refractivity contribution in [3.05, 3.63) is 15.5 Å². The molecule has 52 valence electrons. The van der Waals surface area contributed by atoms with E-state index in [1.807, 2.05) is 6.92 Å². The molecule has 1 nitrogen and oxygen atoms in total. The molecule has 2 rings (SSSR count). The summed E-state index contributed by atoms with van der Waals surface area (Å²) in [6, 6.07) is 2.12. The zero-order valence-electron chi connectivity index (χ0n) is 5.22. The van der Waals surface area contributed by atoms with Crippen molar-refractivity contribution < 1.29 is 0 Å². The van der Waals surface area contributed by atoms with Crippen LogP contribution >= 0.6 is 38.8 Å². The highest BCUT2D eigenvalue weighted by Gasteiger charge is 2.04. The second-order valence-electron chi connectivity index (χ2n) is 2.02. The minimum absolute atomic E-state index is 1.14. The Morgan fingerprint density at radius 1 is 1.60 bits per heavy atom. The van der Waals surface area contributed by atoms with E-state index in [0.29, 0.717) is 0 Å². The SMILES string of the molecule is Cc1nsc2sc(Br)cc12. The van der Waals surface area contributed by atoms with Crippen LogP contribution in [0.15, 0.2) is 9.85 Å². The maximum Gasteiger partial charge on any atom is 0.109 e. The van der Waals surface area contributed by atoms with Gasteiger partial charge in [0, 0.05) is 5.39 Å². The van der Waals surface area contributed by atoms with Crippen LogP contribution in [0.25, 0.3) is 9.40 Å². The van der Waals surface area contributed by atoms with E-state index in [1.54, 1.807) is 22.9 Å². The maximum absolute atomic E-state index is 4.23. The molecule has 0 aliphatic rings. The molecule has 0 fully saturated rings. The first-order valence-corrected chi connectivity index (χ1v) is 5.17. The summed E-state index contributed by atoms with van der Waals surface area (Å²) in [7, 11) is 0. The van der Waals surface area contributed by atoms with Crippen LogP contribution in [0, 0.1) is 6.92 Å². The van der Waals surface area contributed by atoms with Crippen LogP contribution in [0.1, 0.15) is 5.69 Å². The Kier molecular flexibility index (Phi) is 1.55. The Balaban J connectivity index is 2.90. The number of aryl methyl sites for hydroxylation is 1. The molecule has 10 heavy (non-hydrogen) atoms. The summed E-state index contributed by atoms with van der Waals surface area (Å²) >= 11 is 6.75. The third-order valence-electron chi connectivity index (χ3n) is 1.32. The summed E-state index contributed by atoms with van der Waals surface area (Å²) in [6.07, 6.45) is 0. The van der Waals surface area contributed by atoms with Crippen molar-refractivity contribution in [1.29, 1.82) is 0 Å². The van der Waals surface area contributed by atoms with Gasteiger partial charge >= 0.3 is 0 Å². The van der Waals surface area contributed by atoms with E-state index >= 15 is 0 Å². The number of nitrogens with zero attached hydrogens (tertiary/aromatic N) is 1. The molecule has 0 bridgehead atoms. The maximum atomic E-state index is 4.23. The lowest BCUT2D eigenvalue weighted by molar-refractivity contribution is 1.38. The predicted octanol–water partition coefficient (Wildman–Crippen LogP) is 3.43. The Morgan fingerprint density at radius 3 is 3.10 bits per heavy atom. The summed E-state index contributed by atoms with van der Waals surface area (Å²) in [5.74, 6) is 0. The van der Waals surface area contributed by atoms with Gasteiger partial charge in [0.05, 0.1) is 9.48 Å². The van der Waals surface area contributed by atoms with E-state index in [4.69, 9.17) is 0 Å². The van der Waals surface area contributed by atoms with E-state index in [9.17, 15) is 0 Å². The molecular formula is C6H4BrNS2. The second kappa shape index (κ2) is 2.29. The molecule has 0 aliphatic carbocycles. The minimum Gasteiger partial charge on any atom is -0.196 e. The lowest BCUT2D eigenvalue weighted by Gasteiger charge is -1.75. The average molecular weight is 234 g/mol. The van der Waals surface area contributed by atoms with E-state index < -0.39 is 0 Å². The fraction of sp³-hybridized carbons (Fsp3) is 0.167. The molecule has 0 amide bonds. The minimum atomic E-state index is 1.14. The molecule has 0 spiro atoms. The van der Waals surface area contributed by atoms with Gasteiger partial charge in [0.1, 0.15) is 4.01 Å². The standard InChI is InChI=1S/C6H4BrNS2/c1-3-4-2-5(7)9-6(4)10-8-3/h2H,1H3. The molecule has 0 saturated heterocycles. The molecule has 2 aromatic heterocycles. The number of hydrogen-bond acceptors (Lipinski definition) is 3. The number of halogens is 1. The summed E-state index contributed by atoms with van der Waals surface area (Å²) in [4.78, 5) is 0. The Morgan fingerprint density at radius 2 is 2.40 bits per heavy atom. The molecule has 0 N–H and O–H groups in total. The van der Waals surface area contributed by atoms with Crippen molar-refractivity contribution in [2.45, 2.75) is 6.92 Å². The van der Waals surface area contributed by atoms with Crippen LogP contribution in [-0.4, -0.2) is 4.37 Å². The van der Waals surface area contributed by atoms with E-state index in [2.05, 4.69) is 26.4 Å². The van der Waals surface area contributed by atoms with Crippen LogP contribution in [0.4, 0.5) is 0 Å². The predicted molar refractivity (Wildman–Crippen MR) is 49.9 cm³/mol. The lowest BCUT2D eigenvalue weighted by Crippen LogP contribution is -1.63. The van der Waals surface area contributed by atoms with Crippen molar-refractivity contribution in [2.75, 3.05) is 0 Å². The van der Waals surface area contributed by atoms with Crippen molar-refractivity contribution in [1.82, 2.24) is 4.37 Å². The molecule has 0 saturated carbocycles. The van der Waals surface area contributed by atoms with Crippen molar-refractivity contribution in [3.8, 4) is 0 Å². The average Bonchev–Trinajstić information content (AvgIpc) is 2.35. The van der Waals surface area contributed by atoms with E-state index in [1.165, 1.54) is 13.2 Å². The number of hydrogen-bond donors (Lipinski definition) is 0. The fourth-order valence-electron chi connectivity index (χ4n) is 0.824. The molecule has 4 heteroatoms. The highest BCUT2D eigenvalue weighted by molar-refractivity contribution is 9.11. The van der Waals surface area contributed by atoms with Gasteiger partial charge in [-0.3, -0.25) is 0 Å². The molecule has 0 atom stereocenters. The smallest absolute Gasteiger partial charge is 0.109 e. The summed E-state index contributed by atoms with van der Waals surface area (Å²) in [5.41, 5.74) is 1.14. The number of fused-ring (bicyclic) bond motifs is 1. The van der Waals surface area contributed by atoms with Crippen molar-refractivity contribution >= 4 is 48.2 Å². The van der Waals surface area contributed by atoms with Gasteiger partial charge in [0.2, 0.25) is 0 Å². The molecule has 0 unspecified atom stereocenters. The van der Waals surface area contributed by atoms with Gasteiger partial charge in [0.15, 0.2) is 0 Å². The Bertz CT molecular complexity index is 363. The second-order valence-corrected chi connectivity index (χ2v) is 5.48. The van der Waals surface area contributed by atoms with Gasteiger partial charge in [-0.2, -0.15) is 4.37 Å². The topological polar surface area (TPSA) is 12.9 Å². The fourth-order valence-corrected chi connectivity index (χ4v) is 3.68. The van der Waals surface area contributed by atoms with E-state index in [0.717, 1.165) is 5.69 Å². The first-order chi connectivity index (χ1) is 4.77. The largest absolute Gasteiger partial charge is 0.196 e. The van der Waals surface area contributed by atoms with Gasteiger partial charge in [-0.05, 0) is 40.5 Å². The summed E-state index contributed by atoms with van der Waals surface area (Å²) in [6.45, 7) is 2.04. The molecule has 0 aromatic carbocycles. The van der Waals surface area contributed by atoms with Gasteiger partial charge in [0.25, 0.3) is 0 Å². The van der Waals surface area contributed by atoms with Crippen LogP contribution in [0.2, 0.25) is 0 Å². The van der Waals surface area contributed by atoms with Crippen molar-refractivity contribution in [2.24, 2.45) is 0 Å². The Labute approximate surface area is 75.0 Å². The van der Waals surface area contributed by atoms with Gasteiger partial charge in [-0.15, -0.1) is 11.3 Å². The number of thiophene rings is 1. The number of rotatable bonds is 0. The number of aromatic nitrogens is 1. The third kappa shape index (κ3) is 0.909. The van der Waals surface area contributed by atoms with Gasteiger partial charge < -0.3 is 0 Å². The quantitative estimate of drug-likeness (QED) is 0.680. The monoisotopic (exact) mass is 233 g/mol. The summed E-state index contributed by atoms with van der Waals surface area (Å²) < 4.78 is 6.73. The molecule has 0 aliphatic heterocycles. The molecule has 2 heterocycles. The zero-order chi connectivity index (χ0) is 7.14. The van der Waals surface area contributed by atoms with Crippen LogP contribution in [-0.2, 0) is 0 Å². The van der Waals surface area contributed by atoms with Gasteiger partial charge in [-0.25, -0.2) is 0 Å². The highest BCUT2D eigenvalue weighted by Crippen LogP contribution is 2.34. The lowest BCUT2D eigenvalue weighted by atomic mass is 10.3. The first-order valence-electron chi connectivity index (χ1n) is 2.78. The van der Waals surface area contributed by atoms with Crippen LogP contribution < -0.4 is 0 Å². The summed E-state index contributed by atoms with van der Waals surface area (Å²) in [5, 5.41) is 1.29. The highest BCUT2D eigenvalue weighted by atomic mass is 79.9. The third-order valence-corrected chi connectivity index (χ3v) is 3.98. The normalized spacial score (nSPS) is 11.0. The van der Waals surface area contributed by atoms with Crippen LogP contribution in [0.5, 0.6) is 0 Å². The first kappa shape index (κ1) is 6.76.